The number of phosphoric ester groups is 2. The number of unbranched alkanes of at least 4 members (excludes halogenated alkanes) is 41. The zero-order valence-electron chi connectivity index (χ0n) is 54.6. The first-order valence-corrected chi connectivity index (χ1v) is 37.8. The summed E-state index contributed by atoms with van der Waals surface area (Å²) >= 11 is 0. The predicted octanol–water partition coefficient (Wildman–Crippen LogP) is 18.7. The van der Waals surface area contributed by atoms with Crippen molar-refractivity contribution in [1.29, 1.82) is 0 Å². The molecule has 19 heteroatoms. The highest BCUT2D eigenvalue weighted by Crippen LogP contribution is 2.45. The Balaban J connectivity index is 5.16. The summed E-state index contributed by atoms with van der Waals surface area (Å²) in [5.74, 6) is -2.14. The molecule has 0 fully saturated rings. The fraction of sp³-hybridized carbons (Fsp3) is 0.939. The van der Waals surface area contributed by atoms with Crippen molar-refractivity contribution in [3.05, 3.63) is 0 Å². The lowest BCUT2D eigenvalue weighted by atomic mass is 10.0. The lowest BCUT2D eigenvalue weighted by molar-refractivity contribution is -0.161. The first-order chi connectivity index (χ1) is 41.2. The van der Waals surface area contributed by atoms with Crippen LogP contribution in [0.15, 0.2) is 0 Å². The second kappa shape index (κ2) is 60.9. The van der Waals surface area contributed by atoms with Crippen LogP contribution in [0.5, 0.6) is 0 Å². The van der Waals surface area contributed by atoms with Crippen molar-refractivity contribution in [3.8, 4) is 0 Å². The maximum absolute atomic E-state index is 13.0. The number of aliphatic hydroxyl groups excluding tert-OH is 1. The molecule has 0 aliphatic rings. The van der Waals surface area contributed by atoms with Gasteiger partial charge in [-0.2, -0.15) is 0 Å². The van der Waals surface area contributed by atoms with Crippen LogP contribution in [0.1, 0.15) is 342 Å². The van der Waals surface area contributed by atoms with E-state index in [-0.39, 0.29) is 25.7 Å². The van der Waals surface area contributed by atoms with Gasteiger partial charge in [-0.3, -0.25) is 37.3 Å². The molecule has 3 N–H and O–H groups in total. The average Bonchev–Trinajstić information content (AvgIpc) is 3.53. The lowest BCUT2D eigenvalue weighted by Crippen LogP contribution is -2.30. The molecule has 17 nitrogen and oxygen atoms in total. The van der Waals surface area contributed by atoms with E-state index < -0.39 is 97.5 Å². The van der Waals surface area contributed by atoms with Gasteiger partial charge in [0.1, 0.15) is 19.3 Å². The normalized spacial score (nSPS) is 14.1. The summed E-state index contributed by atoms with van der Waals surface area (Å²) in [7, 11) is -9.88. The summed E-state index contributed by atoms with van der Waals surface area (Å²) in [5.41, 5.74) is 0. The molecule has 0 spiro atoms. The van der Waals surface area contributed by atoms with E-state index in [2.05, 4.69) is 27.7 Å². The van der Waals surface area contributed by atoms with E-state index in [4.69, 9.17) is 37.0 Å². The van der Waals surface area contributed by atoms with Gasteiger partial charge < -0.3 is 33.8 Å². The zero-order valence-corrected chi connectivity index (χ0v) is 56.4. The first kappa shape index (κ1) is 83.1. The fourth-order valence-corrected chi connectivity index (χ4v) is 11.6. The summed E-state index contributed by atoms with van der Waals surface area (Å²) in [6, 6.07) is 0. The topological polar surface area (TPSA) is 237 Å². The number of carbonyl (C=O) groups is 4. The van der Waals surface area contributed by atoms with Crippen molar-refractivity contribution < 1.29 is 80.2 Å². The van der Waals surface area contributed by atoms with Crippen molar-refractivity contribution >= 4 is 39.5 Å². The molecule has 0 saturated heterocycles. The molecule has 0 amide bonds. The SMILES string of the molecule is CCCCCCCCCCCCCCCCCC(=O)OC[C@H](COP(=O)(O)OC[C@@H](O)COP(=O)(O)OC[C@@H](COC(=O)CCCCCCC)OC(=O)CCCCCCCCCCCC)OC(=O)CCCCCCCCCCCCCCCCC. The number of ether oxygens (including phenoxy) is 4. The van der Waals surface area contributed by atoms with Crippen molar-refractivity contribution in [2.45, 2.75) is 361 Å². The van der Waals surface area contributed by atoms with E-state index in [1.54, 1.807) is 0 Å². The Morgan fingerprint density at radius 2 is 0.471 bits per heavy atom. The van der Waals surface area contributed by atoms with Gasteiger partial charge in [-0.1, -0.05) is 291 Å². The number of esters is 4. The van der Waals surface area contributed by atoms with E-state index in [1.165, 1.54) is 167 Å². The molecule has 0 rings (SSSR count). The van der Waals surface area contributed by atoms with Gasteiger partial charge in [0.05, 0.1) is 26.4 Å². The minimum Gasteiger partial charge on any atom is -0.462 e. The largest absolute Gasteiger partial charge is 0.472 e. The Morgan fingerprint density at radius 1 is 0.282 bits per heavy atom. The second-order valence-electron chi connectivity index (χ2n) is 23.9. The van der Waals surface area contributed by atoms with E-state index >= 15 is 0 Å². The number of carbonyl (C=O) groups excluding carboxylic acids is 4. The maximum atomic E-state index is 13.0. The van der Waals surface area contributed by atoms with Gasteiger partial charge in [0, 0.05) is 25.7 Å². The Morgan fingerprint density at radius 3 is 0.694 bits per heavy atom. The summed E-state index contributed by atoms with van der Waals surface area (Å²) in [5, 5.41) is 10.5. The van der Waals surface area contributed by atoms with Crippen molar-refractivity contribution in [2.75, 3.05) is 39.6 Å². The number of hydrogen-bond acceptors (Lipinski definition) is 15. The number of phosphoric acid groups is 2. The van der Waals surface area contributed by atoms with Crippen LogP contribution in [0.25, 0.3) is 0 Å². The van der Waals surface area contributed by atoms with Crippen LogP contribution in [0, 0.1) is 0 Å². The summed E-state index contributed by atoms with van der Waals surface area (Å²) in [4.78, 5) is 72.1. The number of rotatable bonds is 67. The highest BCUT2D eigenvalue weighted by molar-refractivity contribution is 7.47. The quantitative estimate of drug-likeness (QED) is 0.0222. The van der Waals surface area contributed by atoms with Crippen LogP contribution in [0.3, 0.4) is 0 Å². The minimum absolute atomic E-state index is 0.106. The monoisotopic (exact) mass is 1250 g/mol. The average molecular weight is 1260 g/mol. The zero-order chi connectivity index (χ0) is 62.6. The third-order valence-corrected chi connectivity index (χ3v) is 17.3. The summed E-state index contributed by atoms with van der Waals surface area (Å²) in [6.45, 7) is 4.83. The minimum atomic E-state index is -4.94. The van der Waals surface area contributed by atoms with E-state index in [9.17, 15) is 43.2 Å². The molecule has 0 aromatic rings. The molecule has 0 radical (unpaired) electrons. The van der Waals surface area contributed by atoms with Gasteiger partial charge in [0.2, 0.25) is 0 Å². The second-order valence-corrected chi connectivity index (χ2v) is 26.8. The Hall–Kier alpha value is -1.94. The highest BCUT2D eigenvalue weighted by Gasteiger charge is 2.30. The molecule has 0 aliphatic carbocycles. The van der Waals surface area contributed by atoms with Crippen LogP contribution in [0.4, 0.5) is 0 Å². The van der Waals surface area contributed by atoms with E-state index in [1.807, 2.05) is 0 Å². The van der Waals surface area contributed by atoms with Gasteiger partial charge >= 0.3 is 39.5 Å². The van der Waals surface area contributed by atoms with Crippen molar-refractivity contribution in [2.24, 2.45) is 0 Å². The Labute approximate surface area is 517 Å². The molecule has 0 heterocycles. The van der Waals surface area contributed by atoms with Crippen LogP contribution in [0.2, 0.25) is 0 Å². The van der Waals surface area contributed by atoms with Gasteiger partial charge in [0.15, 0.2) is 12.2 Å². The molecule has 0 saturated carbocycles. The van der Waals surface area contributed by atoms with Crippen LogP contribution in [-0.2, 0) is 65.4 Å². The summed E-state index contributed by atoms with van der Waals surface area (Å²) < 4.78 is 67.9. The third-order valence-electron chi connectivity index (χ3n) is 15.4. The predicted molar refractivity (Wildman–Crippen MR) is 340 cm³/mol. The molecule has 0 bridgehead atoms. The van der Waals surface area contributed by atoms with Crippen molar-refractivity contribution in [1.82, 2.24) is 0 Å². The lowest BCUT2D eigenvalue weighted by Gasteiger charge is -2.21. The van der Waals surface area contributed by atoms with E-state index in [0.717, 1.165) is 96.3 Å². The molecule has 504 valence electrons. The molecule has 2 unspecified atom stereocenters. The van der Waals surface area contributed by atoms with E-state index in [0.29, 0.717) is 25.7 Å². The fourth-order valence-electron chi connectivity index (χ4n) is 9.99. The molecular weight excluding hydrogens is 1130 g/mol. The van der Waals surface area contributed by atoms with Gasteiger partial charge in [-0.15, -0.1) is 0 Å². The Bertz CT molecular complexity index is 1640. The first-order valence-electron chi connectivity index (χ1n) is 34.8. The number of hydrogen-bond donors (Lipinski definition) is 3. The number of aliphatic hydroxyl groups is 1. The molecule has 0 aromatic carbocycles. The third kappa shape index (κ3) is 60.7. The standard InChI is InChI=1S/C66H128O17P2/c1-5-9-13-17-20-23-26-28-30-32-34-37-39-43-47-51-64(69)77-57-62(83-66(71)53-49-45-41-38-35-33-31-29-27-24-21-18-14-10-6-2)59-81-85(74,75)79-55-60(67)54-78-84(72,73)80-58-61(56-76-63(68)50-46-42-16-12-8-4)82-65(70)52-48-44-40-36-25-22-19-15-11-7-3/h60-62,67H,5-59H2,1-4H3,(H,72,73)(H,74,75)/t60-,61+,62+/m0/s1. The maximum Gasteiger partial charge on any atom is 0.472 e. The molecular formula is C66H128O17P2. The van der Waals surface area contributed by atoms with Crippen LogP contribution < -0.4 is 0 Å². The highest BCUT2D eigenvalue weighted by atomic mass is 31.2. The van der Waals surface area contributed by atoms with Crippen LogP contribution >= 0.6 is 15.6 Å². The van der Waals surface area contributed by atoms with Gasteiger partial charge in [-0.25, -0.2) is 9.13 Å². The molecule has 0 aromatic heterocycles. The van der Waals surface area contributed by atoms with Gasteiger partial charge in [-0.05, 0) is 25.7 Å². The molecule has 85 heavy (non-hydrogen) atoms. The molecule has 5 atom stereocenters. The van der Waals surface area contributed by atoms with Crippen LogP contribution in [-0.4, -0.2) is 96.7 Å². The van der Waals surface area contributed by atoms with Crippen molar-refractivity contribution in [3.63, 3.8) is 0 Å². The smallest absolute Gasteiger partial charge is 0.462 e. The Kier molecular flexibility index (Phi) is 59.6. The summed E-state index contributed by atoms with van der Waals surface area (Å²) in [6.07, 6.45) is 47.5. The molecule has 0 aliphatic heterocycles. The van der Waals surface area contributed by atoms with Gasteiger partial charge in [0.25, 0.3) is 0 Å².